The van der Waals surface area contributed by atoms with Crippen LogP contribution in [0.3, 0.4) is 0 Å². The number of hydrogen-bond acceptors (Lipinski definition) is 5. The lowest BCUT2D eigenvalue weighted by atomic mass is 9.95. The summed E-state index contributed by atoms with van der Waals surface area (Å²) in [4.78, 5) is 2.34. The molecule has 0 saturated carbocycles. The Hall–Kier alpha value is -1.95. The molecule has 0 aromatic carbocycles. The molecule has 0 radical (unpaired) electrons. The van der Waals surface area contributed by atoms with E-state index in [-0.39, 0.29) is 0 Å². The Labute approximate surface area is 136 Å². The van der Waals surface area contributed by atoms with Crippen molar-refractivity contribution in [3.63, 3.8) is 0 Å². The largest absolute Gasteiger partial charge is 0.354 e. The van der Waals surface area contributed by atoms with E-state index in [0.29, 0.717) is 5.92 Å². The maximum Gasteiger partial charge on any atom is 0.151 e. The van der Waals surface area contributed by atoms with Gasteiger partial charge < -0.3 is 10.2 Å². The molecule has 6 heteroatoms. The van der Waals surface area contributed by atoms with Crippen molar-refractivity contribution in [2.24, 2.45) is 13.0 Å². The van der Waals surface area contributed by atoms with Gasteiger partial charge in [-0.1, -0.05) is 0 Å². The molecule has 0 unspecified atom stereocenters. The summed E-state index contributed by atoms with van der Waals surface area (Å²) >= 11 is 0. The van der Waals surface area contributed by atoms with E-state index >= 15 is 0 Å². The molecule has 6 nitrogen and oxygen atoms in total. The summed E-state index contributed by atoms with van der Waals surface area (Å²) in [5.74, 6) is 1.75. The van der Waals surface area contributed by atoms with Crippen LogP contribution in [0.15, 0.2) is 18.3 Å². The van der Waals surface area contributed by atoms with Crippen molar-refractivity contribution in [1.29, 1.82) is 0 Å². The topological polar surface area (TPSA) is 58.9 Å². The van der Waals surface area contributed by atoms with Crippen LogP contribution in [0.2, 0.25) is 0 Å². The van der Waals surface area contributed by atoms with Gasteiger partial charge in [-0.05, 0) is 43.4 Å². The monoisotopic (exact) mass is 312 g/mol. The van der Waals surface area contributed by atoms with Gasteiger partial charge in [-0.15, -0.1) is 5.10 Å². The fourth-order valence-electron chi connectivity index (χ4n) is 3.48. The first-order valence-corrected chi connectivity index (χ1v) is 8.57. The van der Waals surface area contributed by atoms with Crippen molar-refractivity contribution in [3.05, 3.63) is 35.3 Å². The molecule has 2 aromatic heterocycles. The summed E-state index contributed by atoms with van der Waals surface area (Å²) in [6, 6.07) is 4.32. The van der Waals surface area contributed by atoms with Gasteiger partial charge in [0.15, 0.2) is 5.82 Å². The smallest absolute Gasteiger partial charge is 0.151 e. The van der Waals surface area contributed by atoms with E-state index in [1.807, 2.05) is 17.9 Å². The second-order valence-electron chi connectivity index (χ2n) is 6.76. The minimum absolute atomic E-state index is 0.691. The zero-order valence-electron chi connectivity index (χ0n) is 13.7. The van der Waals surface area contributed by atoms with Gasteiger partial charge in [-0.3, -0.25) is 4.68 Å². The van der Waals surface area contributed by atoms with Crippen LogP contribution in [-0.2, 0) is 26.4 Å². The second kappa shape index (κ2) is 6.28. The third kappa shape index (κ3) is 3.22. The molecular formula is C17H24N6. The Morgan fingerprint density at radius 1 is 1.22 bits per heavy atom. The summed E-state index contributed by atoms with van der Waals surface area (Å²) in [6.07, 6.45) is 6.80. The Bertz CT molecular complexity index is 673. The number of anilines is 1. The zero-order valence-corrected chi connectivity index (χ0v) is 13.7. The molecule has 0 amide bonds. The van der Waals surface area contributed by atoms with Gasteiger partial charge >= 0.3 is 0 Å². The lowest BCUT2D eigenvalue weighted by Gasteiger charge is -2.40. The molecule has 1 aliphatic heterocycles. The summed E-state index contributed by atoms with van der Waals surface area (Å²) in [5.41, 5.74) is 3.73. The number of nitrogens with one attached hydrogen (secondary N) is 1. The Morgan fingerprint density at radius 3 is 2.91 bits per heavy atom. The standard InChI is InChI=1S/C17H24N6/c1-22-7-6-15(21-22)10-18-9-13-11-23(12-13)17-8-14-4-2-3-5-16(14)19-20-17/h6-8,13,18H,2-5,9-12H2,1H3. The van der Waals surface area contributed by atoms with Crippen LogP contribution >= 0.6 is 0 Å². The summed E-state index contributed by atoms with van der Waals surface area (Å²) in [6.45, 7) is 4.02. The van der Waals surface area contributed by atoms with E-state index in [2.05, 4.69) is 37.6 Å². The van der Waals surface area contributed by atoms with Gasteiger partial charge in [0.05, 0.1) is 11.4 Å². The molecule has 3 heterocycles. The highest BCUT2D eigenvalue weighted by atomic mass is 15.3. The number of fused-ring (bicyclic) bond motifs is 1. The van der Waals surface area contributed by atoms with Gasteiger partial charge in [-0.25, -0.2) is 0 Å². The molecular weight excluding hydrogens is 288 g/mol. The van der Waals surface area contributed by atoms with Crippen molar-refractivity contribution in [3.8, 4) is 0 Å². The SMILES string of the molecule is Cn1ccc(CNCC2CN(c3cc4c(nn3)CCCC4)C2)n1. The van der Waals surface area contributed by atoms with E-state index in [1.54, 1.807) is 0 Å². The minimum Gasteiger partial charge on any atom is -0.354 e. The van der Waals surface area contributed by atoms with Crippen LogP contribution in [0.25, 0.3) is 0 Å². The normalized spacial score (nSPS) is 17.9. The minimum atomic E-state index is 0.691. The molecule has 0 spiro atoms. The van der Waals surface area contributed by atoms with Crippen LogP contribution in [0, 0.1) is 5.92 Å². The first kappa shape index (κ1) is 14.6. The number of aromatic nitrogens is 4. The molecule has 2 aromatic rings. The van der Waals surface area contributed by atoms with Crippen molar-refractivity contribution in [1.82, 2.24) is 25.3 Å². The summed E-state index contributed by atoms with van der Waals surface area (Å²) in [7, 11) is 1.95. The average Bonchev–Trinajstić information content (AvgIpc) is 2.94. The first-order valence-electron chi connectivity index (χ1n) is 8.57. The van der Waals surface area contributed by atoms with E-state index < -0.39 is 0 Å². The molecule has 122 valence electrons. The maximum atomic E-state index is 4.43. The third-order valence-electron chi connectivity index (χ3n) is 4.85. The highest BCUT2D eigenvalue weighted by Crippen LogP contribution is 2.26. The molecule has 1 fully saturated rings. The third-order valence-corrected chi connectivity index (χ3v) is 4.85. The lowest BCUT2D eigenvalue weighted by Crippen LogP contribution is -2.51. The van der Waals surface area contributed by atoms with Crippen LogP contribution in [-0.4, -0.2) is 39.6 Å². The van der Waals surface area contributed by atoms with E-state index in [0.717, 1.165) is 44.1 Å². The summed E-state index contributed by atoms with van der Waals surface area (Å²) < 4.78 is 1.84. The predicted octanol–water partition coefficient (Wildman–Crippen LogP) is 1.31. The fourth-order valence-corrected chi connectivity index (χ4v) is 3.48. The molecule has 2 aliphatic rings. The number of hydrogen-bond donors (Lipinski definition) is 1. The van der Waals surface area contributed by atoms with Crippen LogP contribution in [0.1, 0.15) is 29.8 Å². The Kier molecular flexibility index (Phi) is 3.99. The molecule has 1 aliphatic carbocycles. The van der Waals surface area contributed by atoms with Crippen LogP contribution in [0.5, 0.6) is 0 Å². The fraction of sp³-hybridized carbons (Fsp3) is 0.588. The molecule has 4 rings (SSSR count). The second-order valence-corrected chi connectivity index (χ2v) is 6.76. The average molecular weight is 312 g/mol. The number of rotatable bonds is 5. The molecule has 1 saturated heterocycles. The molecule has 23 heavy (non-hydrogen) atoms. The lowest BCUT2D eigenvalue weighted by molar-refractivity contribution is 0.380. The highest BCUT2D eigenvalue weighted by Gasteiger charge is 2.28. The van der Waals surface area contributed by atoms with E-state index in [9.17, 15) is 0 Å². The molecule has 0 atom stereocenters. The van der Waals surface area contributed by atoms with Gasteiger partial charge in [0.2, 0.25) is 0 Å². The Balaban J connectivity index is 1.25. The van der Waals surface area contributed by atoms with Crippen molar-refractivity contribution < 1.29 is 0 Å². The quantitative estimate of drug-likeness (QED) is 0.902. The number of aryl methyl sites for hydroxylation is 3. The summed E-state index contributed by atoms with van der Waals surface area (Å²) in [5, 5.41) is 16.7. The van der Waals surface area contributed by atoms with Crippen molar-refractivity contribution in [2.45, 2.75) is 32.2 Å². The van der Waals surface area contributed by atoms with Crippen molar-refractivity contribution in [2.75, 3.05) is 24.5 Å². The molecule has 1 N–H and O–H groups in total. The van der Waals surface area contributed by atoms with Gasteiger partial charge in [0.25, 0.3) is 0 Å². The van der Waals surface area contributed by atoms with Crippen LogP contribution < -0.4 is 10.2 Å². The van der Waals surface area contributed by atoms with E-state index in [4.69, 9.17) is 0 Å². The van der Waals surface area contributed by atoms with E-state index in [1.165, 1.54) is 30.5 Å². The highest BCUT2D eigenvalue weighted by molar-refractivity contribution is 5.44. The molecule has 0 bridgehead atoms. The maximum absolute atomic E-state index is 4.43. The predicted molar refractivity (Wildman–Crippen MR) is 89.3 cm³/mol. The van der Waals surface area contributed by atoms with Gasteiger partial charge in [0.1, 0.15) is 0 Å². The first-order chi connectivity index (χ1) is 11.3. The van der Waals surface area contributed by atoms with Crippen molar-refractivity contribution >= 4 is 5.82 Å². The van der Waals surface area contributed by atoms with Crippen LogP contribution in [0.4, 0.5) is 5.82 Å². The number of nitrogens with zero attached hydrogens (tertiary/aromatic N) is 5. The van der Waals surface area contributed by atoms with Gasteiger partial charge in [-0.2, -0.15) is 10.2 Å². The van der Waals surface area contributed by atoms with Gasteiger partial charge in [0, 0.05) is 45.3 Å². The zero-order chi connectivity index (χ0) is 15.6. The Morgan fingerprint density at radius 2 is 2.09 bits per heavy atom.